The average Bonchev–Trinajstić information content (AvgIpc) is 2.28. The monoisotopic (exact) mass is 248 g/mol. The van der Waals surface area contributed by atoms with Crippen LogP contribution in [-0.2, 0) is 10.0 Å². The first-order valence-corrected chi connectivity index (χ1v) is 7.74. The van der Waals surface area contributed by atoms with Crippen molar-refractivity contribution >= 4 is 10.0 Å². The summed E-state index contributed by atoms with van der Waals surface area (Å²) in [7, 11) is -1.36. The largest absolute Gasteiger partial charge is 0.318 e. The van der Waals surface area contributed by atoms with E-state index in [0.717, 1.165) is 0 Å². The van der Waals surface area contributed by atoms with Crippen LogP contribution in [0.4, 0.5) is 0 Å². The van der Waals surface area contributed by atoms with Crippen molar-refractivity contribution in [2.45, 2.75) is 44.3 Å². The molecule has 5 heteroatoms. The first-order chi connectivity index (χ1) is 7.56. The summed E-state index contributed by atoms with van der Waals surface area (Å²) in [4.78, 5) is 0. The van der Waals surface area contributed by atoms with E-state index >= 15 is 0 Å². The minimum Gasteiger partial charge on any atom is -0.318 e. The van der Waals surface area contributed by atoms with Crippen molar-refractivity contribution in [3.63, 3.8) is 0 Å². The Bertz CT molecular complexity index is 284. The van der Waals surface area contributed by atoms with E-state index in [-0.39, 0.29) is 5.25 Å². The quantitative estimate of drug-likeness (QED) is 0.740. The number of hydrogen-bond acceptors (Lipinski definition) is 3. The lowest BCUT2D eigenvalue weighted by Gasteiger charge is -2.22. The van der Waals surface area contributed by atoms with E-state index in [2.05, 4.69) is 10.0 Å². The van der Waals surface area contributed by atoms with Crippen molar-refractivity contribution in [2.24, 2.45) is 5.92 Å². The fourth-order valence-electron chi connectivity index (χ4n) is 2.16. The van der Waals surface area contributed by atoms with Gasteiger partial charge in [0.1, 0.15) is 0 Å². The second-order valence-electron chi connectivity index (χ2n) is 4.77. The van der Waals surface area contributed by atoms with Crippen LogP contribution in [0.25, 0.3) is 0 Å². The molecule has 1 atom stereocenters. The molecule has 0 aromatic carbocycles. The summed E-state index contributed by atoms with van der Waals surface area (Å²) in [6, 6.07) is 0. The van der Waals surface area contributed by atoms with E-state index in [4.69, 9.17) is 0 Å². The van der Waals surface area contributed by atoms with Crippen molar-refractivity contribution in [3.05, 3.63) is 0 Å². The summed E-state index contributed by atoms with van der Waals surface area (Å²) in [6.45, 7) is 2.86. The first kappa shape index (κ1) is 13.9. The third-order valence-corrected chi connectivity index (χ3v) is 5.11. The fraction of sp³-hybridized carbons (Fsp3) is 1.00. The molecule has 0 aromatic heterocycles. The Labute approximate surface area is 99.2 Å². The van der Waals surface area contributed by atoms with Gasteiger partial charge in [-0.15, -0.1) is 0 Å². The Morgan fingerprint density at radius 1 is 1.25 bits per heavy atom. The zero-order chi connectivity index (χ0) is 12.0. The highest BCUT2D eigenvalue weighted by atomic mass is 32.2. The third kappa shape index (κ3) is 4.39. The van der Waals surface area contributed by atoms with Crippen LogP contribution >= 0.6 is 0 Å². The Morgan fingerprint density at radius 3 is 2.44 bits per heavy atom. The molecule has 2 N–H and O–H groups in total. The molecule has 0 bridgehead atoms. The maximum atomic E-state index is 11.8. The van der Waals surface area contributed by atoms with Crippen LogP contribution in [0.3, 0.4) is 0 Å². The van der Waals surface area contributed by atoms with Gasteiger partial charge in [-0.25, -0.2) is 13.1 Å². The number of sulfonamides is 1. The Kier molecular flexibility index (Phi) is 5.72. The van der Waals surface area contributed by atoms with E-state index in [1.165, 1.54) is 32.1 Å². The number of nitrogens with one attached hydrogen (secondary N) is 2. The molecule has 0 amide bonds. The molecule has 0 spiro atoms. The second-order valence-corrected chi connectivity index (χ2v) is 6.95. The van der Waals surface area contributed by atoms with Gasteiger partial charge in [0.15, 0.2) is 0 Å². The van der Waals surface area contributed by atoms with Crippen molar-refractivity contribution in [1.29, 1.82) is 0 Å². The van der Waals surface area contributed by atoms with E-state index in [1.807, 2.05) is 0 Å². The van der Waals surface area contributed by atoms with Crippen LogP contribution in [0.15, 0.2) is 0 Å². The highest BCUT2D eigenvalue weighted by molar-refractivity contribution is 7.90. The van der Waals surface area contributed by atoms with Gasteiger partial charge in [-0.05, 0) is 32.7 Å². The van der Waals surface area contributed by atoms with Crippen LogP contribution in [0, 0.1) is 5.92 Å². The summed E-state index contributed by atoms with van der Waals surface area (Å²) in [6.07, 6.45) is 6.14. The molecule has 96 valence electrons. The summed E-state index contributed by atoms with van der Waals surface area (Å²) in [5.41, 5.74) is 0. The lowest BCUT2D eigenvalue weighted by molar-refractivity contribution is 0.356. The molecule has 1 fully saturated rings. The van der Waals surface area contributed by atoms with Crippen molar-refractivity contribution in [2.75, 3.05) is 20.1 Å². The van der Waals surface area contributed by atoms with Crippen LogP contribution in [-0.4, -0.2) is 33.8 Å². The fourth-order valence-corrected chi connectivity index (χ4v) is 3.30. The standard InChI is InChI=1S/C11H24N2O2S/c1-10(8-12-2)16(14,15)13-9-11-6-4-3-5-7-11/h10-13H,3-9H2,1-2H3. The minimum atomic E-state index is -3.13. The molecule has 1 aliphatic carbocycles. The maximum Gasteiger partial charge on any atom is 0.215 e. The third-order valence-electron chi connectivity index (χ3n) is 3.32. The summed E-state index contributed by atoms with van der Waals surface area (Å²) < 4.78 is 26.4. The molecule has 0 heterocycles. The molecule has 0 aromatic rings. The zero-order valence-corrected chi connectivity index (χ0v) is 11.1. The van der Waals surface area contributed by atoms with Gasteiger partial charge in [0, 0.05) is 13.1 Å². The lowest BCUT2D eigenvalue weighted by atomic mass is 9.90. The van der Waals surface area contributed by atoms with Crippen LogP contribution in [0.5, 0.6) is 0 Å². The van der Waals surface area contributed by atoms with Gasteiger partial charge in [0.25, 0.3) is 0 Å². The van der Waals surface area contributed by atoms with Gasteiger partial charge in [-0.3, -0.25) is 0 Å². The molecule has 0 aliphatic heterocycles. The molecule has 1 unspecified atom stereocenters. The van der Waals surface area contributed by atoms with Crippen molar-refractivity contribution < 1.29 is 8.42 Å². The van der Waals surface area contributed by atoms with Crippen LogP contribution < -0.4 is 10.0 Å². The lowest BCUT2D eigenvalue weighted by Crippen LogP contribution is -2.40. The Morgan fingerprint density at radius 2 is 1.88 bits per heavy atom. The van der Waals surface area contributed by atoms with E-state index in [1.54, 1.807) is 14.0 Å². The van der Waals surface area contributed by atoms with Gasteiger partial charge >= 0.3 is 0 Å². The normalized spacial score (nSPS) is 20.9. The Hall–Kier alpha value is -0.130. The average molecular weight is 248 g/mol. The van der Waals surface area contributed by atoms with Crippen LogP contribution in [0.1, 0.15) is 39.0 Å². The minimum absolute atomic E-state index is 0.360. The molecular formula is C11H24N2O2S. The summed E-state index contributed by atoms with van der Waals surface area (Å²) in [5, 5.41) is 2.53. The summed E-state index contributed by atoms with van der Waals surface area (Å²) in [5.74, 6) is 0.547. The molecule has 1 saturated carbocycles. The molecule has 16 heavy (non-hydrogen) atoms. The van der Waals surface area contributed by atoms with E-state index in [9.17, 15) is 8.42 Å². The molecule has 0 saturated heterocycles. The second kappa shape index (κ2) is 6.57. The van der Waals surface area contributed by atoms with Gasteiger partial charge in [-0.1, -0.05) is 19.3 Å². The highest BCUT2D eigenvalue weighted by Crippen LogP contribution is 2.23. The van der Waals surface area contributed by atoms with Gasteiger partial charge in [0.2, 0.25) is 10.0 Å². The van der Waals surface area contributed by atoms with Crippen molar-refractivity contribution in [3.8, 4) is 0 Å². The zero-order valence-electron chi connectivity index (χ0n) is 10.3. The Balaban J connectivity index is 2.34. The number of hydrogen-bond donors (Lipinski definition) is 2. The molecular weight excluding hydrogens is 224 g/mol. The van der Waals surface area contributed by atoms with Gasteiger partial charge < -0.3 is 5.32 Å². The molecule has 1 rings (SSSR count). The van der Waals surface area contributed by atoms with Gasteiger partial charge in [-0.2, -0.15) is 0 Å². The molecule has 1 aliphatic rings. The molecule has 4 nitrogen and oxygen atoms in total. The highest BCUT2D eigenvalue weighted by Gasteiger charge is 2.21. The van der Waals surface area contributed by atoms with Crippen molar-refractivity contribution in [1.82, 2.24) is 10.0 Å². The number of rotatable bonds is 6. The SMILES string of the molecule is CNCC(C)S(=O)(=O)NCC1CCCCC1. The smallest absolute Gasteiger partial charge is 0.215 e. The first-order valence-electron chi connectivity index (χ1n) is 6.19. The van der Waals surface area contributed by atoms with Gasteiger partial charge in [0.05, 0.1) is 5.25 Å². The topological polar surface area (TPSA) is 58.2 Å². The maximum absolute atomic E-state index is 11.8. The van der Waals surface area contributed by atoms with E-state index in [0.29, 0.717) is 19.0 Å². The van der Waals surface area contributed by atoms with Crippen LogP contribution in [0.2, 0.25) is 0 Å². The predicted molar refractivity (Wildman–Crippen MR) is 66.9 cm³/mol. The predicted octanol–water partition coefficient (Wildman–Crippen LogP) is 1.09. The summed E-state index contributed by atoms with van der Waals surface area (Å²) >= 11 is 0. The van der Waals surface area contributed by atoms with E-state index < -0.39 is 10.0 Å². The molecule has 0 radical (unpaired) electrons.